The van der Waals surface area contributed by atoms with E-state index in [4.69, 9.17) is 27.2 Å². The minimum absolute atomic E-state index is 0.0428. The van der Waals surface area contributed by atoms with Crippen molar-refractivity contribution in [1.82, 2.24) is 0 Å². The lowest BCUT2D eigenvalue weighted by atomic mass is 10.2. The summed E-state index contributed by atoms with van der Waals surface area (Å²) in [5, 5.41) is 9.10. The van der Waals surface area contributed by atoms with Crippen LogP contribution in [-0.2, 0) is 4.74 Å². The SMILES string of the molecule is Nc1cc(F)c(Cl)cc1N1CCOC(CO)C1. The number of halogens is 2. The van der Waals surface area contributed by atoms with Gasteiger partial charge in [-0.25, -0.2) is 4.39 Å². The second-order valence-corrected chi connectivity index (χ2v) is 4.35. The Morgan fingerprint density at radius 2 is 2.35 bits per heavy atom. The summed E-state index contributed by atoms with van der Waals surface area (Å²) in [4.78, 5) is 1.94. The second-order valence-electron chi connectivity index (χ2n) is 3.95. The fourth-order valence-electron chi connectivity index (χ4n) is 1.87. The van der Waals surface area contributed by atoms with Crippen LogP contribution >= 0.6 is 11.6 Å². The maximum absolute atomic E-state index is 13.2. The lowest BCUT2D eigenvalue weighted by molar-refractivity contribution is 0.00360. The first-order valence-electron chi connectivity index (χ1n) is 5.33. The summed E-state index contributed by atoms with van der Waals surface area (Å²) < 4.78 is 18.5. The number of rotatable bonds is 2. The standard InChI is InChI=1S/C11H14ClFN2O2/c12-8-3-11(10(14)4-9(8)13)15-1-2-17-7(5-15)6-16/h3-4,7,16H,1-2,5-6,14H2. The molecule has 1 aromatic rings. The molecule has 17 heavy (non-hydrogen) atoms. The van der Waals surface area contributed by atoms with Gasteiger partial charge in [0.25, 0.3) is 0 Å². The van der Waals surface area contributed by atoms with E-state index in [0.29, 0.717) is 31.1 Å². The van der Waals surface area contributed by atoms with Gasteiger partial charge in [-0.1, -0.05) is 11.6 Å². The van der Waals surface area contributed by atoms with Gasteiger partial charge in [-0.2, -0.15) is 0 Å². The predicted octanol–water partition coefficient (Wildman–Crippen LogP) is 1.26. The van der Waals surface area contributed by atoms with Gasteiger partial charge in [0.05, 0.1) is 35.7 Å². The van der Waals surface area contributed by atoms with Gasteiger partial charge in [0, 0.05) is 19.2 Å². The van der Waals surface area contributed by atoms with Crippen LogP contribution in [0.15, 0.2) is 12.1 Å². The maximum atomic E-state index is 13.2. The van der Waals surface area contributed by atoms with Crippen molar-refractivity contribution in [1.29, 1.82) is 0 Å². The van der Waals surface area contributed by atoms with Crippen LogP contribution in [0.3, 0.4) is 0 Å². The van der Waals surface area contributed by atoms with E-state index >= 15 is 0 Å². The summed E-state index contributed by atoms with van der Waals surface area (Å²) in [6.07, 6.45) is -0.244. The van der Waals surface area contributed by atoms with Crippen LogP contribution in [0.2, 0.25) is 5.02 Å². The van der Waals surface area contributed by atoms with Crippen LogP contribution in [0.4, 0.5) is 15.8 Å². The summed E-state index contributed by atoms with van der Waals surface area (Å²) in [5.74, 6) is -0.528. The molecule has 0 aliphatic carbocycles. The van der Waals surface area contributed by atoms with Gasteiger partial charge >= 0.3 is 0 Å². The molecular formula is C11H14ClFN2O2. The van der Waals surface area contributed by atoms with Gasteiger partial charge in [0.15, 0.2) is 0 Å². The molecule has 0 aromatic heterocycles. The van der Waals surface area contributed by atoms with Crippen molar-refractivity contribution in [3.63, 3.8) is 0 Å². The highest BCUT2D eigenvalue weighted by Gasteiger charge is 2.22. The van der Waals surface area contributed by atoms with E-state index < -0.39 is 5.82 Å². The topological polar surface area (TPSA) is 58.7 Å². The van der Waals surface area contributed by atoms with Gasteiger partial charge < -0.3 is 20.5 Å². The zero-order valence-corrected chi connectivity index (χ0v) is 9.95. The van der Waals surface area contributed by atoms with E-state index in [1.54, 1.807) is 0 Å². The number of aliphatic hydroxyl groups is 1. The Morgan fingerprint density at radius 3 is 3.06 bits per heavy atom. The average molecular weight is 261 g/mol. The molecular weight excluding hydrogens is 247 g/mol. The van der Waals surface area contributed by atoms with Crippen molar-refractivity contribution in [3.05, 3.63) is 23.0 Å². The lowest BCUT2D eigenvalue weighted by Crippen LogP contribution is -2.44. The molecule has 94 valence electrons. The summed E-state index contributed by atoms with van der Waals surface area (Å²) in [6, 6.07) is 2.72. The average Bonchev–Trinajstić information content (AvgIpc) is 2.34. The van der Waals surface area contributed by atoms with Crippen molar-refractivity contribution in [2.24, 2.45) is 0 Å². The molecule has 1 heterocycles. The van der Waals surface area contributed by atoms with E-state index in [1.807, 2.05) is 4.90 Å². The van der Waals surface area contributed by atoms with E-state index in [0.717, 1.165) is 0 Å². The van der Waals surface area contributed by atoms with Crippen molar-refractivity contribution in [3.8, 4) is 0 Å². The molecule has 0 saturated carbocycles. The minimum atomic E-state index is -0.528. The molecule has 1 aliphatic rings. The second kappa shape index (κ2) is 5.08. The third-order valence-corrected chi connectivity index (χ3v) is 3.04. The Bertz CT molecular complexity index is 417. The van der Waals surface area contributed by atoms with Crippen LogP contribution in [0.5, 0.6) is 0 Å². The number of hydrogen-bond donors (Lipinski definition) is 2. The molecule has 0 radical (unpaired) electrons. The molecule has 1 aromatic carbocycles. The highest BCUT2D eigenvalue weighted by Crippen LogP contribution is 2.30. The molecule has 0 spiro atoms. The summed E-state index contributed by atoms with van der Waals surface area (Å²) in [5.41, 5.74) is 6.78. The Balaban J connectivity index is 2.24. The highest BCUT2D eigenvalue weighted by molar-refractivity contribution is 6.31. The van der Waals surface area contributed by atoms with Gasteiger partial charge in [0.1, 0.15) is 5.82 Å². The first-order valence-corrected chi connectivity index (χ1v) is 5.71. The quantitative estimate of drug-likeness (QED) is 0.786. The van der Waals surface area contributed by atoms with E-state index in [1.165, 1.54) is 12.1 Å². The van der Waals surface area contributed by atoms with Crippen LogP contribution < -0.4 is 10.6 Å². The number of nitrogens with zero attached hydrogens (tertiary/aromatic N) is 1. The maximum Gasteiger partial charge on any atom is 0.143 e. The molecule has 1 fully saturated rings. The van der Waals surface area contributed by atoms with Gasteiger partial charge in [-0.15, -0.1) is 0 Å². The fraction of sp³-hybridized carbons (Fsp3) is 0.455. The third-order valence-electron chi connectivity index (χ3n) is 2.75. The number of aliphatic hydroxyl groups excluding tert-OH is 1. The molecule has 1 saturated heterocycles. The van der Waals surface area contributed by atoms with Crippen molar-refractivity contribution in [2.45, 2.75) is 6.10 Å². The number of nitrogen functional groups attached to an aromatic ring is 1. The van der Waals surface area contributed by atoms with Crippen molar-refractivity contribution >= 4 is 23.0 Å². The first kappa shape index (κ1) is 12.4. The van der Waals surface area contributed by atoms with Crippen LogP contribution in [0.25, 0.3) is 0 Å². The summed E-state index contributed by atoms with van der Waals surface area (Å²) >= 11 is 5.74. The number of benzene rings is 1. The Morgan fingerprint density at radius 1 is 1.59 bits per heavy atom. The van der Waals surface area contributed by atoms with Gasteiger partial charge in [-0.3, -0.25) is 0 Å². The molecule has 2 rings (SSSR count). The lowest BCUT2D eigenvalue weighted by Gasteiger charge is -2.34. The van der Waals surface area contributed by atoms with Gasteiger partial charge in [0.2, 0.25) is 0 Å². The van der Waals surface area contributed by atoms with Crippen LogP contribution in [0.1, 0.15) is 0 Å². The Hall–Kier alpha value is -1.04. The van der Waals surface area contributed by atoms with Crippen LogP contribution in [-0.4, -0.2) is 37.5 Å². The van der Waals surface area contributed by atoms with Crippen molar-refractivity contribution in [2.75, 3.05) is 36.9 Å². The Labute approximate surface area is 104 Å². The molecule has 1 aliphatic heterocycles. The number of anilines is 2. The van der Waals surface area contributed by atoms with Crippen molar-refractivity contribution < 1.29 is 14.2 Å². The summed E-state index contributed by atoms with van der Waals surface area (Å²) in [6.45, 7) is 1.61. The molecule has 4 nitrogen and oxygen atoms in total. The summed E-state index contributed by atoms with van der Waals surface area (Å²) in [7, 11) is 0. The number of ether oxygens (including phenoxy) is 1. The van der Waals surface area contributed by atoms with Crippen LogP contribution in [0, 0.1) is 5.82 Å². The Kier molecular flexibility index (Phi) is 3.71. The zero-order chi connectivity index (χ0) is 12.4. The van der Waals surface area contributed by atoms with E-state index in [-0.39, 0.29) is 17.7 Å². The molecule has 0 bridgehead atoms. The first-order chi connectivity index (χ1) is 8.11. The predicted molar refractivity (Wildman–Crippen MR) is 64.9 cm³/mol. The number of hydrogen-bond acceptors (Lipinski definition) is 4. The number of morpholine rings is 1. The smallest absolute Gasteiger partial charge is 0.143 e. The largest absolute Gasteiger partial charge is 0.397 e. The fourth-order valence-corrected chi connectivity index (χ4v) is 2.03. The van der Waals surface area contributed by atoms with E-state index in [9.17, 15) is 4.39 Å². The third kappa shape index (κ3) is 2.62. The highest BCUT2D eigenvalue weighted by atomic mass is 35.5. The number of nitrogens with two attached hydrogens (primary N) is 1. The monoisotopic (exact) mass is 260 g/mol. The zero-order valence-electron chi connectivity index (χ0n) is 9.20. The van der Waals surface area contributed by atoms with E-state index in [2.05, 4.69) is 0 Å². The molecule has 1 unspecified atom stereocenters. The van der Waals surface area contributed by atoms with Gasteiger partial charge in [-0.05, 0) is 6.07 Å². The normalized spacial score (nSPS) is 20.6. The minimum Gasteiger partial charge on any atom is -0.397 e. The molecule has 6 heteroatoms. The molecule has 3 N–H and O–H groups in total. The molecule has 0 amide bonds. The molecule has 1 atom stereocenters.